The van der Waals surface area contributed by atoms with Crippen LogP contribution < -0.4 is 10.9 Å². The Morgan fingerprint density at radius 2 is 1.82 bits per heavy atom. The van der Waals surface area contributed by atoms with Gasteiger partial charge in [0.05, 0.1) is 0 Å². The van der Waals surface area contributed by atoms with Crippen LogP contribution in [0.3, 0.4) is 0 Å². The number of hydrogen-bond donors (Lipinski definition) is 1. The van der Waals surface area contributed by atoms with E-state index in [-0.39, 0.29) is 5.63 Å². The molecule has 0 fully saturated rings. The van der Waals surface area contributed by atoms with Crippen molar-refractivity contribution >= 4 is 22.7 Å². The van der Waals surface area contributed by atoms with Crippen molar-refractivity contribution in [3.63, 3.8) is 0 Å². The number of hydrogen-bond acceptors (Lipinski definition) is 4. The van der Waals surface area contributed by atoms with Crippen molar-refractivity contribution in [1.82, 2.24) is 5.32 Å². The van der Waals surface area contributed by atoms with Crippen molar-refractivity contribution in [2.45, 2.75) is 11.4 Å². The molecule has 0 saturated heterocycles. The third-order valence-corrected chi connectivity index (χ3v) is 4.32. The monoisotopic (exact) mass is 311 g/mol. The van der Waals surface area contributed by atoms with Gasteiger partial charge >= 0.3 is 5.63 Å². The van der Waals surface area contributed by atoms with Gasteiger partial charge in [-0.15, -0.1) is 11.8 Å². The first-order valence-electron chi connectivity index (χ1n) is 7.23. The summed E-state index contributed by atoms with van der Waals surface area (Å²) in [7, 11) is 0. The first-order valence-corrected chi connectivity index (χ1v) is 8.21. The van der Waals surface area contributed by atoms with E-state index >= 15 is 0 Å². The van der Waals surface area contributed by atoms with Gasteiger partial charge in [-0.25, -0.2) is 4.79 Å². The van der Waals surface area contributed by atoms with Gasteiger partial charge in [-0.3, -0.25) is 0 Å². The van der Waals surface area contributed by atoms with Crippen LogP contribution in [0.15, 0.2) is 74.8 Å². The second-order valence-corrected chi connectivity index (χ2v) is 6.13. The lowest BCUT2D eigenvalue weighted by molar-refractivity contribution is 0.560. The van der Waals surface area contributed by atoms with Gasteiger partial charge in [-0.2, -0.15) is 0 Å². The summed E-state index contributed by atoms with van der Waals surface area (Å²) >= 11 is 1.84. The average Bonchev–Trinajstić information content (AvgIpc) is 2.55. The van der Waals surface area contributed by atoms with E-state index in [9.17, 15) is 4.79 Å². The topological polar surface area (TPSA) is 42.2 Å². The zero-order chi connectivity index (χ0) is 15.2. The number of fused-ring (bicyclic) bond motifs is 1. The molecule has 0 aliphatic carbocycles. The van der Waals surface area contributed by atoms with Gasteiger partial charge in [0.15, 0.2) is 0 Å². The molecule has 112 valence electrons. The van der Waals surface area contributed by atoms with Crippen molar-refractivity contribution in [3.8, 4) is 0 Å². The molecular weight excluding hydrogens is 294 g/mol. The largest absolute Gasteiger partial charge is 0.423 e. The summed E-state index contributed by atoms with van der Waals surface area (Å²) in [5, 5.41) is 4.36. The molecule has 0 spiro atoms. The highest BCUT2D eigenvalue weighted by molar-refractivity contribution is 7.99. The minimum Gasteiger partial charge on any atom is -0.423 e. The Morgan fingerprint density at radius 1 is 1.00 bits per heavy atom. The first-order chi connectivity index (χ1) is 10.8. The van der Waals surface area contributed by atoms with Crippen molar-refractivity contribution in [2.75, 3.05) is 12.3 Å². The summed E-state index contributed by atoms with van der Waals surface area (Å²) in [6.07, 6.45) is 0. The molecule has 3 nitrogen and oxygen atoms in total. The zero-order valence-corrected chi connectivity index (χ0v) is 12.9. The van der Waals surface area contributed by atoms with E-state index in [1.165, 1.54) is 11.0 Å². The molecule has 3 rings (SSSR count). The zero-order valence-electron chi connectivity index (χ0n) is 12.1. The Hall–Kier alpha value is -2.04. The van der Waals surface area contributed by atoms with Crippen LogP contribution in [0.4, 0.5) is 0 Å². The van der Waals surface area contributed by atoms with Crippen LogP contribution in [0, 0.1) is 0 Å². The fourth-order valence-corrected chi connectivity index (χ4v) is 3.04. The second kappa shape index (κ2) is 7.29. The third-order valence-electron chi connectivity index (χ3n) is 3.31. The quantitative estimate of drug-likeness (QED) is 0.428. The number of rotatable bonds is 6. The molecule has 0 atom stereocenters. The van der Waals surface area contributed by atoms with Gasteiger partial charge in [0.1, 0.15) is 5.58 Å². The molecule has 1 heterocycles. The summed E-state index contributed by atoms with van der Waals surface area (Å²) in [4.78, 5) is 12.5. The van der Waals surface area contributed by atoms with Gasteiger partial charge < -0.3 is 9.73 Å². The molecule has 0 radical (unpaired) electrons. The van der Waals surface area contributed by atoms with E-state index in [1.54, 1.807) is 6.07 Å². The predicted molar refractivity (Wildman–Crippen MR) is 91.4 cm³/mol. The SMILES string of the molecule is O=c1ccc2ccc(CNCCSc3ccccc3)cc2o1. The third kappa shape index (κ3) is 4.00. The lowest BCUT2D eigenvalue weighted by atomic mass is 10.1. The molecule has 2 aromatic carbocycles. The normalized spacial score (nSPS) is 10.9. The average molecular weight is 311 g/mol. The molecule has 0 saturated carbocycles. The van der Waals surface area contributed by atoms with Crippen molar-refractivity contribution in [2.24, 2.45) is 0 Å². The summed E-state index contributed by atoms with van der Waals surface area (Å²) < 4.78 is 5.20. The number of nitrogens with one attached hydrogen (secondary N) is 1. The molecule has 4 heteroatoms. The lowest BCUT2D eigenvalue weighted by Gasteiger charge is -2.06. The highest BCUT2D eigenvalue weighted by Crippen LogP contribution is 2.16. The van der Waals surface area contributed by atoms with Gasteiger partial charge in [0.2, 0.25) is 0 Å². The minimum absolute atomic E-state index is 0.308. The van der Waals surface area contributed by atoms with Gasteiger partial charge in [0, 0.05) is 35.2 Å². The van der Waals surface area contributed by atoms with Crippen LogP contribution in [0.25, 0.3) is 11.0 Å². The van der Waals surface area contributed by atoms with Crippen molar-refractivity contribution < 1.29 is 4.42 Å². The fraction of sp³-hybridized carbons (Fsp3) is 0.167. The second-order valence-electron chi connectivity index (χ2n) is 4.96. The molecule has 0 amide bonds. The number of benzene rings is 2. The standard InChI is InChI=1S/C18H17NO2S/c20-18-9-8-15-7-6-14(12-17(15)21-18)13-19-10-11-22-16-4-2-1-3-5-16/h1-9,12,19H,10-11,13H2. The van der Waals surface area contributed by atoms with E-state index in [0.717, 1.165) is 29.8 Å². The van der Waals surface area contributed by atoms with Crippen LogP contribution in [0.5, 0.6) is 0 Å². The maximum Gasteiger partial charge on any atom is 0.336 e. The van der Waals surface area contributed by atoms with Crippen molar-refractivity contribution in [1.29, 1.82) is 0 Å². The molecule has 3 aromatic rings. The van der Waals surface area contributed by atoms with Crippen LogP contribution >= 0.6 is 11.8 Å². The molecule has 0 aliphatic rings. The summed E-state index contributed by atoms with van der Waals surface area (Å²) in [5.41, 5.74) is 1.45. The maximum atomic E-state index is 11.2. The number of thioether (sulfide) groups is 1. The highest BCUT2D eigenvalue weighted by Gasteiger charge is 2.00. The lowest BCUT2D eigenvalue weighted by Crippen LogP contribution is -2.16. The van der Waals surface area contributed by atoms with Crippen LogP contribution in [-0.2, 0) is 6.54 Å². The highest BCUT2D eigenvalue weighted by atomic mass is 32.2. The molecule has 22 heavy (non-hydrogen) atoms. The van der Waals surface area contributed by atoms with Gasteiger partial charge in [-0.05, 0) is 29.8 Å². The van der Waals surface area contributed by atoms with Crippen LogP contribution in [0.1, 0.15) is 5.56 Å². The molecule has 0 bridgehead atoms. The molecule has 1 aromatic heterocycles. The van der Waals surface area contributed by atoms with E-state index in [0.29, 0.717) is 5.58 Å². The molecular formula is C18H17NO2S. The van der Waals surface area contributed by atoms with E-state index < -0.39 is 0 Å². The van der Waals surface area contributed by atoms with E-state index in [2.05, 4.69) is 35.6 Å². The molecule has 0 aliphatic heterocycles. The minimum atomic E-state index is -0.308. The maximum absolute atomic E-state index is 11.2. The van der Waals surface area contributed by atoms with Gasteiger partial charge in [0.25, 0.3) is 0 Å². The van der Waals surface area contributed by atoms with Crippen LogP contribution in [0.2, 0.25) is 0 Å². The van der Waals surface area contributed by atoms with E-state index in [4.69, 9.17) is 4.42 Å². The Morgan fingerprint density at radius 3 is 2.68 bits per heavy atom. The molecule has 0 unspecified atom stereocenters. The Bertz CT molecular complexity index is 799. The fourth-order valence-electron chi connectivity index (χ4n) is 2.21. The van der Waals surface area contributed by atoms with Gasteiger partial charge in [-0.1, -0.05) is 30.3 Å². The summed E-state index contributed by atoms with van der Waals surface area (Å²) in [6.45, 7) is 1.69. The van der Waals surface area contributed by atoms with Crippen LogP contribution in [-0.4, -0.2) is 12.3 Å². The first kappa shape index (κ1) is 14.9. The molecule has 1 N–H and O–H groups in total. The summed E-state index contributed by atoms with van der Waals surface area (Å²) in [5.74, 6) is 1.02. The Labute approximate surface area is 133 Å². The predicted octanol–water partition coefficient (Wildman–Crippen LogP) is 3.67. The van der Waals surface area contributed by atoms with E-state index in [1.807, 2.05) is 30.0 Å². The van der Waals surface area contributed by atoms with Crippen molar-refractivity contribution in [3.05, 3.63) is 76.6 Å². The smallest absolute Gasteiger partial charge is 0.336 e. The Kier molecular flexibility index (Phi) is 4.93. The summed E-state index contributed by atoms with van der Waals surface area (Å²) in [6, 6.07) is 19.6. The Balaban J connectivity index is 1.50.